The monoisotopic (exact) mass is 101 g/mol. The van der Waals surface area contributed by atoms with Crippen LogP contribution < -0.4 is 0 Å². The molecule has 0 atom stereocenters. The van der Waals surface area contributed by atoms with Crippen molar-refractivity contribution in [2.45, 2.75) is 19.6 Å². The third-order valence-electron chi connectivity index (χ3n) is 0. The van der Waals surface area contributed by atoms with Gasteiger partial charge in [-0.1, -0.05) is 19.6 Å². The summed E-state index contributed by atoms with van der Waals surface area (Å²) in [4.78, 5) is 0. The van der Waals surface area contributed by atoms with Crippen LogP contribution in [0.5, 0.6) is 0 Å². The summed E-state index contributed by atoms with van der Waals surface area (Å²) in [7, 11) is 0.120. The fourth-order valence-corrected chi connectivity index (χ4v) is 0. The van der Waals surface area contributed by atoms with Crippen LogP contribution in [0.2, 0.25) is 19.6 Å². The molecule has 0 aliphatic rings. The highest BCUT2D eigenvalue weighted by molar-refractivity contribution is 6.54. The van der Waals surface area contributed by atoms with Crippen molar-refractivity contribution in [3.05, 3.63) is 13.2 Å². The Balaban J connectivity index is 0. The molecule has 0 spiro atoms. The summed E-state index contributed by atoms with van der Waals surface area (Å²) in [6.07, 6.45) is 0. The third kappa shape index (κ3) is 18600. The second-order valence-corrected chi connectivity index (χ2v) is 4.50. The molecule has 0 aromatic carbocycles. The fraction of sp³-hybridized carbons (Fsp3) is 0.600. The Bertz CT molecular complexity index is 15.1. The van der Waals surface area contributed by atoms with Gasteiger partial charge in [0.05, 0.1) is 0 Å². The molecule has 0 bridgehead atoms. The Labute approximate surface area is 42.5 Å². The lowest BCUT2D eigenvalue weighted by Gasteiger charge is -1.75. The van der Waals surface area contributed by atoms with E-state index in [1.54, 1.807) is 0 Å². The summed E-state index contributed by atoms with van der Waals surface area (Å²) < 4.78 is 0. The van der Waals surface area contributed by atoms with Gasteiger partial charge in [-0.2, -0.15) is 0 Å². The first-order valence-corrected chi connectivity index (χ1v) is 5.00. The molecule has 0 N–H and O–H groups in total. The van der Waals surface area contributed by atoms with Gasteiger partial charge in [0.2, 0.25) is 0 Å². The molecule has 37 valence electrons. The maximum absolute atomic E-state index is 3.00. The highest BCUT2D eigenvalue weighted by Gasteiger charge is 1.72. The minimum absolute atomic E-state index is 0.120. The minimum Gasteiger partial charge on any atom is -0.106 e. The van der Waals surface area contributed by atoms with E-state index >= 15 is 0 Å². The normalized spacial score (nSPS) is 6.67. The molecule has 0 aromatic heterocycles. The van der Waals surface area contributed by atoms with Crippen molar-refractivity contribution >= 4 is 8.80 Å². The first-order valence-electron chi connectivity index (χ1n) is 2.00. The lowest BCUT2D eigenvalue weighted by molar-refractivity contribution is 1.91. The number of rotatable bonds is 0. The highest BCUT2D eigenvalue weighted by Crippen LogP contribution is 1.68. The van der Waals surface area contributed by atoms with Crippen LogP contribution in [-0.4, -0.2) is 8.80 Å². The smallest absolute Gasteiger partial charge is 0.0379 e. The molecular weight excluding hydrogens is 88.1 g/mol. The Kier molecular flexibility index (Phi) is 13.8. The van der Waals surface area contributed by atoms with E-state index in [0.717, 1.165) is 0 Å². The second-order valence-electron chi connectivity index (χ2n) is 1.50. The van der Waals surface area contributed by atoms with Gasteiger partial charge < -0.3 is 0 Å². The molecule has 0 fully saturated rings. The van der Waals surface area contributed by atoms with Gasteiger partial charge in [-0.05, 0) is 0 Å². The van der Waals surface area contributed by atoms with Crippen molar-refractivity contribution in [1.29, 1.82) is 0 Å². The SMILES string of the molecule is C=C.C[Si](C)C. The molecule has 1 radical (unpaired) electrons. The van der Waals surface area contributed by atoms with Crippen molar-refractivity contribution in [2.75, 3.05) is 0 Å². The zero-order chi connectivity index (χ0) is 5.58. The van der Waals surface area contributed by atoms with E-state index in [1.807, 2.05) is 0 Å². The quantitative estimate of drug-likeness (QED) is 0.324. The summed E-state index contributed by atoms with van der Waals surface area (Å²) in [6, 6.07) is 0. The largest absolute Gasteiger partial charge is 0.106 e. The van der Waals surface area contributed by atoms with Gasteiger partial charge in [-0.25, -0.2) is 0 Å². The molecule has 0 aliphatic carbocycles. The molecule has 6 heavy (non-hydrogen) atoms. The average molecular weight is 101 g/mol. The van der Waals surface area contributed by atoms with E-state index in [1.165, 1.54) is 0 Å². The van der Waals surface area contributed by atoms with E-state index in [2.05, 4.69) is 32.8 Å². The number of hydrogen-bond donors (Lipinski definition) is 0. The third-order valence-corrected chi connectivity index (χ3v) is 0. The van der Waals surface area contributed by atoms with E-state index in [9.17, 15) is 0 Å². The summed E-state index contributed by atoms with van der Waals surface area (Å²) in [6.45, 7) is 12.8. The van der Waals surface area contributed by atoms with E-state index in [-0.39, 0.29) is 8.80 Å². The van der Waals surface area contributed by atoms with Gasteiger partial charge in [0.1, 0.15) is 0 Å². The molecular formula is C5H13Si. The molecule has 0 rings (SSSR count). The second kappa shape index (κ2) is 8.88. The Morgan fingerprint density at radius 2 is 1.00 bits per heavy atom. The summed E-state index contributed by atoms with van der Waals surface area (Å²) in [5.41, 5.74) is 0. The fourth-order valence-electron chi connectivity index (χ4n) is 0. The molecule has 0 aliphatic heterocycles. The molecule has 0 aromatic rings. The van der Waals surface area contributed by atoms with Crippen LogP contribution in [0.25, 0.3) is 0 Å². The predicted octanol–water partition coefficient (Wildman–Crippen LogP) is 2.17. The lowest BCUT2D eigenvalue weighted by atomic mass is 11.3. The van der Waals surface area contributed by atoms with Crippen LogP contribution in [0, 0.1) is 0 Å². The maximum atomic E-state index is 3.00. The molecule has 0 saturated carbocycles. The molecule has 0 amide bonds. The maximum Gasteiger partial charge on any atom is 0.0379 e. The molecule has 0 unspecified atom stereocenters. The summed E-state index contributed by atoms with van der Waals surface area (Å²) in [5, 5.41) is 0. The van der Waals surface area contributed by atoms with Crippen molar-refractivity contribution < 1.29 is 0 Å². The van der Waals surface area contributed by atoms with Gasteiger partial charge in [-0.15, -0.1) is 13.2 Å². The first-order chi connectivity index (χ1) is 2.73. The zero-order valence-electron chi connectivity index (χ0n) is 4.91. The minimum atomic E-state index is 0.120. The van der Waals surface area contributed by atoms with Crippen LogP contribution in [0.4, 0.5) is 0 Å². The number of hydrogen-bond acceptors (Lipinski definition) is 0. The molecule has 0 heterocycles. The van der Waals surface area contributed by atoms with Gasteiger partial charge in [0.15, 0.2) is 0 Å². The van der Waals surface area contributed by atoms with Crippen LogP contribution >= 0.6 is 0 Å². The topological polar surface area (TPSA) is 0 Å². The van der Waals surface area contributed by atoms with Gasteiger partial charge >= 0.3 is 0 Å². The summed E-state index contributed by atoms with van der Waals surface area (Å²) >= 11 is 0. The van der Waals surface area contributed by atoms with Crippen LogP contribution in [0.3, 0.4) is 0 Å². The van der Waals surface area contributed by atoms with E-state index in [4.69, 9.17) is 0 Å². The van der Waals surface area contributed by atoms with E-state index < -0.39 is 0 Å². The highest BCUT2D eigenvalue weighted by atomic mass is 28.3. The van der Waals surface area contributed by atoms with Crippen molar-refractivity contribution in [2.24, 2.45) is 0 Å². The van der Waals surface area contributed by atoms with Gasteiger partial charge in [-0.3, -0.25) is 0 Å². The van der Waals surface area contributed by atoms with Crippen molar-refractivity contribution in [1.82, 2.24) is 0 Å². The first kappa shape index (κ1) is 9.35. The van der Waals surface area contributed by atoms with Crippen molar-refractivity contribution in [3.8, 4) is 0 Å². The molecule has 1 heteroatoms. The standard InChI is InChI=1S/C3H9Si.C2H4/c1-4(2)3;1-2/h1-3H3;1-2H2. The average Bonchev–Trinajstić information content (AvgIpc) is 1.41. The Morgan fingerprint density at radius 3 is 1.00 bits per heavy atom. The lowest BCUT2D eigenvalue weighted by Crippen LogP contribution is -1.84. The van der Waals surface area contributed by atoms with Crippen LogP contribution in [0.1, 0.15) is 0 Å². The van der Waals surface area contributed by atoms with Gasteiger partial charge in [0, 0.05) is 8.80 Å². The van der Waals surface area contributed by atoms with Crippen LogP contribution in [0.15, 0.2) is 13.2 Å². The summed E-state index contributed by atoms with van der Waals surface area (Å²) in [5.74, 6) is 0. The Hall–Kier alpha value is -0.0431. The molecule has 0 nitrogen and oxygen atoms in total. The molecule has 0 saturated heterocycles. The van der Waals surface area contributed by atoms with Crippen LogP contribution in [-0.2, 0) is 0 Å². The van der Waals surface area contributed by atoms with Gasteiger partial charge in [0.25, 0.3) is 0 Å². The van der Waals surface area contributed by atoms with Crippen molar-refractivity contribution in [3.63, 3.8) is 0 Å². The zero-order valence-corrected chi connectivity index (χ0v) is 5.91. The Morgan fingerprint density at radius 1 is 1.00 bits per heavy atom. The van der Waals surface area contributed by atoms with E-state index in [0.29, 0.717) is 0 Å². The predicted molar refractivity (Wildman–Crippen MR) is 34.6 cm³/mol.